The van der Waals surface area contributed by atoms with Crippen molar-refractivity contribution in [3.05, 3.63) is 29.8 Å². The Hall–Kier alpha value is -1.02. The summed E-state index contributed by atoms with van der Waals surface area (Å²) in [5.41, 5.74) is 6.66. The maximum Gasteiger partial charge on any atom is 0.124 e. The zero-order valence-electron chi connectivity index (χ0n) is 8.29. The van der Waals surface area contributed by atoms with Gasteiger partial charge in [-0.05, 0) is 19.4 Å². The van der Waals surface area contributed by atoms with Crippen LogP contribution in [0.1, 0.15) is 25.8 Å². The van der Waals surface area contributed by atoms with Gasteiger partial charge in [0.15, 0.2) is 0 Å². The van der Waals surface area contributed by atoms with Crippen molar-refractivity contribution in [3.63, 3.8) is 0 Å². The molecule has 1 rings (SSSR count). The molecule has 1 atom stereocenters. The molecule has 0 aliphatic rings. The minimum Gasteiger partial charge on any atom is -0.490 e. The Morgan fingerprint density at radius 3 is 2.69 bits per heavy atom. The van der Waals surface area contributed by atoms with E-state index in [1.807, 2.05) is 24.3 Å². The van der Waals surface area contributed by atoms with Crippen LogP contribution in [0.4, 0.5) is 0 Å². The second-order valence-corrected chi connectivity index (χ2v) is 3.15. The van der Waals surface area contributed by atoms with Crippen molar-refractivity contribution in [1.82, 2.24) is 0 Å². The summed E-state index contributed by atoms with van der Waals surface area (Å²) in [7, 11) is 0. The highest BCUT2D eigenvalue weighted by molar-refractivity contribution is 5.33. The third-order valence-electron chi connectivity index (χ3n) is 2.10. The molecule has 2 heteroatoms. The van der Waals surface area contributed by atoms with Crippen LogP contribution in [0, 0.1) is 0 Å². The third kappa shape index (κ3) is 2.74. The van der Waals surface area contributed by atoms with E-state index in [9.17, 15) is 0 Å². The van der Waals surface area contributed by atoms with Gasteiger partial charge in [0.05, 0.1) is 6.10 Å². The monoisotopic (exact) mass is 179 g/mol. The maximum atomic E-state index is 5.71. The van der Waals surface area contributed by atoms with Crippen molar-refractivity contribution in [3.8, 4) is 5.75 Å². The van der Waals surface area contributed by atoms with Crippen LogP contribution in [0.25, 0.3) is 0 Å². The lowest BCUT2D eigenvalue weighted by Crippen LogP contribution is -2.12. The molecule has 1 aromatic carbocycles. The van der Waals surface area contributed by atoms with E-state index in [2.05, 4.69) is 13.8 Å². The molecule has 0 heterocycles. The third-order valence-corrected chi connectivity index (χ3v) is 2.10. The van der Waals surface area contributed by atoms with Crippen molar-refractivity contribution in [1.29, 1.82) is 0 Å². The molecule has 2 N–H and O–H groups in total. The Bertz CT molecular complexity index is 260. The van der Waals surface area contributed by atoms with Crippen molar-refractivity contribution in [2.45, 2.75) is 32.9 Å². The topological polar surface area (TPSA) is 35.2 Å². The fraction of sp³-hybridized carbons (Fsp3) is 0.455. The molecule has 0 saturated heterocycles. The molecule has 0 aliphatic heterocycles. The molecular weight excluding hydrogens is 162 g/mol. The minimum atomic E-state index is 0.257. The van der Waals surface area contributed by atoms with Gasteiger partial charge in [0.1, 0.15) is 5.75 Å². The fourth-order valence-corrected chi connectivity index (χ4v) is 1.09. The number of para-hydroxylation sites is 1. The first-order chi connectivity index (χ1) is 6.27. The number of hydrogen-bond acceptors (Lipinski definition) is 2. The van der Waals surface area contributed by atoms with Crippen LogP contribution < -0.4 is 10.5 Å². The predicted octanol–water partition coefficient (Wildman–Crippen LogP) is 2.32. The van der Waals surface area contributed by atoms with E-state index in [-0.39, 0.29) is 6.10 Å². The van der Waals surface area contributed by atoms with Gasteiger partial charge in [-0.15, -0.1) is 0 Å². The zero-order valence-corrected chi connectivity index (χ0v) is 8.29. The lowest BCUT2D eigenvalue weighted by Gasteiger charge is -2.15. The molecule has 0 amide bonds. The van der Waals surface area contributed by atoms with Gasteiger partial charge in [-0.1, -0.05) is 25.1 Å². The largest absolute Gasteiger partial charge is 0.490 e. The van der Waals surface area contributed by atoms with Crippen LogP contribution in [-0.4, -0.2) is 6.10 Å². The summed E-state index contributed by atoms with van der Waals surface area (Å²) in [5, 5.41) is 0. The molecule has 0 saturated carbocycles. The SMILES string of the molecule is CC[C@H](C)Oc1ccccc1CN. The summed E-state index contributed by atoms with van der Waals surface area (Å²) in [6.45, 7) is 4.70. The number of ether oxygens (including phenoxy) is 1. The Kier molecular flexibility index (Phi) is 3.77. The average molecular weight is 179 g/mol. The molecule has 0 fully saturated rings. The predicted molar refractivity (Wildman–Crippen MR) is 54.7 cm³/mol. The van der Waals surface area contributed by atoms with Crippen LogP contribution in [0.2, 0.25) is 0 Å². The van der Waals surface area contributed by atoms with Crippen molar-refractivity contribution in [2.75, 3.05) is 0 Å². The summed E-state index contributed by atoms with van der Waals surface area (Å²) in [6, 6.07) is 7.91. The summed E-state index contributed by atoms with van der Waals surface area (Å²) >= 11 is 0. The number of hydrogen-bond donors (Lipinski definition) is 1. The van der Waals surface area contributed by atoms with Crippen LogP contribution >= 0.6 is 0 Å². The highest BCUT2D eigenvalue weighted by atomic mass is 16.5. The Labute approximate surface area is 79.7 Å². The van der Waals surface area contributed by atoms with Gasteiger partial charge < -0.3 is 10.5 Å². The number of nitrogens with two attached hydrogens (primary N) is 1. The first-order valence-electron chi connectivity index (χ1n) is 4.72. The average Bonchev–Trinajstić information content (AvgIpc) is 2.18. The molecule has 0 spiro atoms. The second kappa shape index (κ2) is 4.87. The standard InChI is InChI=1S/C11H17NO/c1-3-9(2)13-11-7-5-4-6-10(11)8-12/h4-7,9H,3,8,12H2,1-2H3/t9-/m0/s1. The van der Waals surface area contributed by atoms with Crippen molar-refractivity contribution in [2.24, 2.45) is 5.73 Å². The summed E-state index contributed by atoms with van der Waals surface area (Å²) in [6.07, 6.45) is 1.27. The van der Waals surface area contributed by atoms with E-state index in [1.165, 1.54) is 0 Å². The van der Waals surface area contributed by atoms with Gasteiger partial charge in [-0.2, -0.15) is 0 Å². The van der Waals surface area contributed by atoms with Crippen molar-refractivity contribution >= 4 is 0 Å². The molecule has 0 bridgehead atoms. The van der Waals surface area contributed by atoms with Gasteiger partial charge in [0.2, 0.25) is 0 Å². The summed E-state index contributed by atoms with van der Waals surface area (Å²) in [5.74, 6) is 0.916. The van der Waals surface area contributed by atoms with Crippen LogP contribution in [-0.2, 0) is 6.54 Å². The van der Waals surface area contributed by atoms with Gasteiger partial charge in [0, 0.05) is 12.1 Å². The molecule has 13 heavy (non-hydrogen) atoms. The Morgan fingerprint density at radius 2 is 2.08 bits per heavy atom. The Balaban J connectivity index is 2.74. The molecule has 0 radical (unpaired) electrons. The number of rotatable bonds is 4. The van der Waals surface area contributed by atoms with E-state index in [4.69, 9.17) is 10.5 Å². The molecule has 2 nitrogen and oxygen atoms in total. The first-order valence-corrected chi connectivity index (χ1v) is 4.72. The summed E-state index contributed by atoms with van der Waals surface area (Å²) < 4.78 is 5.71. The molecule has 0 unspecified atom stereocenters. The molecule has 1 aromatic rings. The number of benzene rings is 1. The minimum absolute atomic E-state index is 0.257. The maximum absolute atomic E-state index is 5.71. The molecule has 72 valence electrons. The van der Waals surface area contributed by atoms with Gasteiger partial charge in [-0.25, -0.2) is 0 Å². The van der Waals surface area contributed by atoms with E-state index in [0.717, 1.165) is 17.7 Å². The van der Waals surface area contributed by atoms with Gasteiger partial charge >= 0.3 is 0 Å². The Morgan fingerprint density at radius 1 is 1.38 bits per heavy atom. The normalized spacial score (nSPS) is 12.5. The van der Waals surface area contributed by atoms with Crippen LogP contribution in [0.15, 0.2) is 24.3 Å². The fourth-order valence-electron chi connectivity index (χ4n) is 1.09. The van der Waals surface area contributed by atoms with Crippen LogP contribution in [0.3, 0.4) is 0 Å². The first kappa shape index (κ1) is 10.1. The molecule has 0 aromatic heterocycles. The van der Waals surface area contributed by atoms with Crippen molar-refractivity contribution < 1.29 is 4.74 Å². The van der Waals surface area contributed by atoms with E-state index in [0.29, 0.717) is 6.54 Å². The van der Waals surface area contributed by atoms with E-state index in [1.54, 1.807) is 0 Å². The molecule has 0 aliphatic carbocycles. The van der Waals surface area contributed by atoms with Crippen LogP contribution in [0.5, 0.6) is 5.75 Å². The van der Waals surface area contributed by atoms with E-state index < -0.39 is 0 Å². The highest BCUT2D eigenvalue weighted by Gasteiger charge is 2.04. The lowest BCUT2D eigenvalue weighted by atomic mass is 10.2. The molecular formula is C11H17NO. The second-order valence-electron chi connectivity index (χ2n) is 3.15. The highest BCUT2D eigenvalue weighted by Crippen LogP contribution is 2.19. The van der Waals surface area contributed by atoms with E-state index >= 15 is 0 Å². The zero-order chi connectivity index (χ0) is 9.68. The lowest BCUT2D eigenvalue weighted by molar-refractivity contribution is 0.215. The quantitative estimate of drug-likeness (QED) is 0.769. The summed E-state index contributed by atoms with van der Waals surface area (Å²) in [4.78, 5) is 0. The smallest absolute Gasteiger partial charge is 0.124 e. The van der Waals surface area contributed by atoms with Gasteiger partial charge in [0.25, 0.3) is 0 Å². The van der Waals surface area contributed by atoms with Gasteiger partial charge in [-0.3, -0.25) is 0 Å².